The smallest absolute Gasteiger partial charge is 0.387 e. The molecule has 7 nitrogen and oxygen atoms in total. The van der Waals surface area contributed by atoms with Gasteiger partial charge in [-0.3, -0.25) is 14.4 Å². The van der Waals surface area contributed by atoms with Gasteiger partial charge in [0.05, 0.1) is 12.0 Å². The number of para-hydroxylation sites is 1. The van der Waals surface area contributed by atoms with Crippen molar-refractivity contribution in [3.63, 3.8) is 0 Å². The first-order valence-corrected chi connectivity index (χ1v) is 8.13. The second kappa shape index (κ2) is 8.59. The number of alkyl halides is 2. The summed E-state index contributed by atoms with van der Waals surface area (Å²) in [6.07, 6.45) is 0.820. The molecule has 9 heteroatoms. The number of carboxylic acids is 1. The van der Waals surface area contributed by atoms with E-state index in [1.165, 1.54) is 41.1 Å². The minimum atomic E-state index is -3.07. The fraction of sp³-hybridized carbons (Fsp3) is 0.471. The number of likely N-dealkylation sites (tertiary alicyclic amines) is 1. The Balaban J connectivity index is 2.16. The Morgan fingerprint density at radius 1 is 1.35 bits per heavy atom. The molecule has 1 saturated heterocycles. The Labute approximate surface area is 149 Å². The van der Waals surface area contributed by atoms with Crippen LogP contribution in [-0.2, 0) is 9.59 Å². The maximum Gasteiger partial charge on any atom is 0.387 e. The summed E-state index contributed by atoms with van der Waals surface area (Å²) in [6.45, 7) is -2.73. The number of carboxylic acid groups (broad SMARTS) is 1. The summed E-state index contributed by atoms with van der Waals surface area (Å²) >= 11 is 0. The second-order valence-corrected chi connectivity index (χ2v) is 5.93. The Kier molecular flexibility index (Phi) is 6.48. The molecule has 1 aliphatic rings. The third-order valence-corrected chi connectivity index (χ3v) is 4.17. The van der Waals surface area contributed by atoms with Crippen molar-refractivity contribution >= 4 is 17.8 Å². The summed E-state index contributed by atoms with van der Waals surface area (Å²) in [5.74, 6) is -2.21. The van der Waals surface area contributed by atoms with E-state index in [-0.39, 0.29) is 30.2 Å². The largest absolute Gasteiger partial charge is 0.481 e. The zero-order valence-corrected chi connectivity index (χ0v) is 14.2. The van der Waals surface area contributed by atoms with Gasteiger partial charge in [-0.25, -0.2) is 0 Å². The van der Waals surface area contributed by atoms with Crippen LogP contribution in [0.2, 0.25) is 0 Å². The van der Waals surface area contributed by atoms with Crippen molar-refractivity contribution in [2.45, 2.75) is 31.9 Å². The molecule has 0 spiro atoms. The van der Waals surface area contributed by atoms with Gasteiger partial charge < -0.3 is 19.6 Å². The Bertz CT molecular complexity index is 683. The van der Waals surface area contributed by atoms with E-state index in [1.54, 1.807) is 0 Å². The molecule has 0 bridgehead atoms. The van der Waals surface area contributed by atoms with Crippen molar-refractivity contribution in [3.8, 4) is 5.75 Å². The second-order valence-electron chi connectivity index (χ2n) is 5.93. The van der Waals surface area contributed by atoms with Gasteiger partial charge in [-0.05, 0) is 25.0 Å². The van der Waals surface area contributed by atoms with Crippen LogP contribution < -0.4 is 4.74 Å². The van der Waals surface area contributed by atoms with E-state index in [2.05, 4.69) is 4.74 Å². The predicted molar refractivity (Wildman–Crippen MR) is 87.0 cm³/mol. The van der Waals surface area contributed by atoms with Gasteiger partial charge in [-0.1, -0.05) is 12.1 Å². The summed E-state index contributed by atoms with van der Waals surface area (Å²) in [7, 11) is 1.47. The number of hydrogen-bond donors (Lipinski definition) is 1. The number of likely N-dealkylation sites (N-methyl/N-ethyl adjacent to an activating group) is 1. The van der Waals surface area contributed by atoms with Crippen LogP contribution in [0.5, 0.6) is 5.75 Å². The first-order chi connectivity index (χ1) is 12.3. The van der Waals surface area contributed by atoms with Crippen LogP contribution >= 0.6 is 0 Å². The maximum absolute atomic E-state index is 12.8. The number of carbonyl (C=O) groups excluding carboxylic acids is 2. The summed E-state index contributed by atoms with van der Waals surface area (Å²) in [4.78, 5) is 38.6. The van der Waals surface area contributed by atoms with Crippen molar-refractivity contribution in [2.24, 2.45) is 0 Å². The van der Waals surface area contributed by atoms with E-state index in [9.17, 15) is 23.2 Å². The van der Waals surface area contributed by atoms with Gasteiger partial charge in [0.1, 0.15) is 11.8 Å². The fourth-order valence-corrected chi connectivity index (χ4v) is 2.89. The number of halogens is 2. The van der Waals surface area contributed by atoms with Crippen LogP contribution in [0.3, 0.4) is 0 Å². The molecule has 0 aromatic heterocycles. The highest BCUT2D eigenvalue weighted by molar-refractivity contribution is 6.00. The summed E-state index contributed by atoms with van der Waals surface area (Å²) in [6, 6.07) is 4.89. The van der Waals surface area contributed by atoms with Crippen LogP contribution in [0.4, 0.5) is 8.78 Å². The minimum absolute atomic E-state index is 0.0256. The highest BCUT2D eigenvalue weighted by Crippen LogP contribution is 2.27. The molecular weight excluding hydrogens is 350 g/mol. The third-order valence-electron chi connectivity index (χ3n) is 4.17. The molecule has 0 saturated carbocycles. The number of aliphatic carboxylic acids is 1. The standard InChI is InChI=1S/C17H20F2N2O5/c1-20(10-8-14(22)23)16(25)12-6-4-9-21(12)15(24)11-5-2-3-7-13(11)26-17(18)19/h2-3,5,7,12,17H,4,6,8-10H2,1H3,(H,22,23). The van der Waals surface area contributed by atoms with Crippen LogP contribution in [0.25, 0.3) is 0 Å². The van der Waals surface area contributed by atoms with Crippen molar-refractivity contribution < 1.29 is 33.0 Å². The van der Waals surface area contributed by atoms with Crippen LogP contribution in [-0.4, -0.2) is 65.5 Å². The number of hydrogen-bond acceptors (Lipinski definition) is 4. The number of ether oxygens (including phenoxy) is 1. The lowest BCUT2D eigenvalue weighted by atomic mass is 10.1. The number of benzene rings is 1. The minimum Gasteiger partial charge on any atom is -0.481 e. The van der Waals surface area contributed by atoms with Gasteiger partial charge >= 0.3 is 12.6 Å². The van der Waals surface area contributed by atoms with Crippen LogP contribution in [0, 0.1) is 0 Å². The zero-order valence-electron chi connectivity index (χ0n) is 14.2. The molecule has 1 aromatic carbocycles. The van der Waals surface area contributed by atoms with E-state index in [4.69, 9.17) is 5.11 Å². The molecule has 2 rings (SSSR count). The summed E-state index contributed by atoms with van der Waals surface area (Å²) < 4.78 is 29.5. The van der Waals surface area contributed by atoms with E-state index in [0.717, 1.165) is 0 Å². The van der Waals surface area contributed by atoms with E-state index >= 15 is 0 Å². The first-order valence-electron chi connectivity index (χ1n) is 8.13. The topological polar surface area (TPSA) is 87.2 Å². The number of amides is 2. The van der Waals surface area contributed by atoms with Gasteiger partial charge in [0.15, 0.2) is 0 Å². The molecule has 0 radical (unpaired) electrons. The first kappa shape index (κ1) is 19.6. The van der Waals surface area contributed by atoms with E-state index in [0.29, 0.717) is 19.4 Å². The summed E-state index contributed by atoms with van der Waals surface area (Å²) in [5, 5.41) is 8.72. The molecular formula is C17H20F2N2O5. The van der Waals surface area contributed by atoms with Crippen molar-refractivity contribution in [1.82, 2.24) is 9.80 Å². The van der Waals surface area contributed by atoms with Crippen molar-refractivity contribution in [1.29, 1.82) is 0 Å². The monoisotopic (exact) mass is 370 g/mol. The van der Waals surface area contributed by atoms with Crippen molar-refractivity contribution in [3.05, 3.63) is 29.8 Å². The average molecular weight is 370 g/mol. The lowest BCUT2D eigenvalue weighted by Gasteiger charge is -2.28. The highest BCUT2D eigenvalue weighted by Gasteiger charge is 2.37. The van der Waals surface area contributed by atoms with E-state index in [1.807, 2.05) is 0 Å². The molecule has 2 amide bonds. The quantitative estimate of drug-likeness (QED) is 0.791. The third kappa shape index (κ3) is 4.68. The molecule has 142 valence electrons. The molecule has 1 aromatic rings. The van der Waals surface area contributed by atoms with Gasteiger partial charge in [0.25, 0.3) is 5.91 Å². The molecule has 26 heavy (non-hydrogen) atoms. The lowest BCUT2D eigenvalue weighted by Crippen LogP contribution is -2.47. The van der Waals surface area contributed by atoms with Crippen LogP contribution in [0.15, 0.2) is 24.3 Å². The van der Waals surface area contributed by atoms with Gasteiger partial charge in [-0.2, -0.15) is 8.78 Å². The van der Waals surface area contributed by atoms with E-state index < -0.39 is 24.5 Å². The Morgan fingerprint density at radius 3 is 2.69 bits per heavy atom. The normalized spacial score (nSPS) is 16.6. The molecule has 1 fully saturated rings. The van der Waals surface area contributed by atoms with Gasteiger partial charge in [0, 0.05) is 20.1 Å². The Hall–Kier alpha value is -2.71. The maximum atomic E-state index is 12.8. The highest BCUT2D eigenvalue weighted by atomic mass is 19.3. The predicted octanol–water partition coefficient (Wildman–Crippen LogP) is 1.83. The summed E-state index contributed by atoms with van der Waals surface area (Å²) in [5.41, 5.74) is -0.0410. The average Bonchev–Trinajstić information content (AvgIpc) is 3.08. The van der Waals surface area contributed by atoms with Crippen molar-refractivity contribution in [2.75, 3.05) is 20.1 Å². The Morgan fingerprint density at radius 2 is 2.04 bits per heavy atom. The number of rotatable bonds is 7. The zero-order chi connectivity index (χ0) is 19.3. The van der Waals surface area contributed by atoms with Crippen LogP contribution in [0.1, 0.15) is 29.6 Å². The molecule has 1 atom stereocenters. The fourth-order valence-electron chi connectivity index (χ4n) is 2.89. The SMILES string of the molecule is CN(CCC(=O)O)C(=O)C1CCCN1C(=O)c1ccccc1OC(F)F. The molecule has 1 unspecified atom stereocenters. The number of carbonyl (C=O) groups is 3. The molecule has 1 aliphatic heterocycles. The van der Waals surface area contributed by atoms with Gasteiger partial charge in [0.2, 0.25) is 5.91 Å². The molecule has 1 N–H and O–H groups in total. The lowest BCUT2D eigenvalue weighted by molar-refractivity contribution is -0.139. The molecule has 1 heterocycles. The molecule has 0 aliphatic carbocycles. The number of nitrogens with zero attached hydrogens (tertiary/aromatic N) is 2. The van der Waals surface area contributed by atoms with Gasteiger partial charge in [-0.15, -0.1) is 0 Å².